The highest BCUT2D eigenvalue weighted by atomic mass is 19.1. The molecule has 0 spiro atoms. The number of nitrogens with zero attached hydrogens (tertiary/aromatic N) is 2. The van der Waals surface area contributed by atoms with Gasteiger partial charge in [-0.1, -0.05) is 0 Å². The maximum absolute atomic E-state index is 13.2. The van der Waals surface area contributed by atoms with E-state index in [9.17, 15) is 4.39 Å². The van der Waals surface area contributed by atoms with Crippen molar-refractivity contribution in [3.05, 3.63) is 35.1 Å². The Bertz CT molecular complexity index is 439. The van der Waals surface area contributed by atoms with Crippen LogP contribution in [0.2, 0.25) is 0 Å². The summed E-state index contributed by atoms with van der Waals surface area (Å²) in [4.78, 5) is 2.25. The second kappa shape index (κ2) is 5.26. The number of benzene rings is 1. The first-order valence-corrected chi connectivity index (χ1v) is 5.83. The van der Waals surface area contributed by atoms with E-state index in [0.717, 1.165) is 25.2 Å². The van der Waals surface area contributed by atoms with Crippen molar-refractivity contribution < 1.29 is 4.39 Å². The highest BCUT2D eigenvalue weighted by molar-refractivity contribution is 5.37. The second-order valence-electron chi connectivity index (χ2n) is 4.50. The molecule has 1 aliphatic rings. The van der Waals surface area contributed by atoms with E-state index in [0.29, 0.717) is 18.2 Å². The standard InChI is InChI=1S/C13H16FN3/c1-10-8-17(5-4-16-10)9-12-6-13(14)3-2-11(12)7-15/h2-3,6,10,16H,4-5,8-9H2,1H3/t10-/m0/s1. The molecule has 1 N–H and O–H groups in total. The molecule has 0 radical (unpaired) electrons. The molecule has 1 fully saturated rings. The first kappa shape index (κ1) is 12.0. The maximum Gasteiger partial charge on any atom is 0.123 e. The number of halogens is 1. The van der Waals surface area contributed by atoms with Gasteiger partial charge in [0.1, 0.15) is 5.82 Å². The van der Waals surface area contributed by atoms with Gasteiger partial charge in [-0.15, -0.1) is 0 Å². The molecule has 0 aliphatic carbocycles. The highest BCUT2D eigenvalue weighted by Gasteiger charge is 2.16. The summed E-state index contributed by atoms with van der Waals surface area (Å²) in [6.07, 6.45) is 0. The predicted molar refractivity (Wildman–Crippen MR) is 63.9 cm³/mol. The number of rotatable bonds is 2. The summed E-state index contributed by atoms with van der Waals surface area (Å²) in [7, 11) is 0. The fraction of sp³-hybridized carbons (Fsp3) is 0.462. The molecule has 0 saturated carbocycles. The summed E-state index contributed by atoms with van der Waals surface area (Å²) >= 11 is 0. The Balaban J connectivity index is 2.12. The molecule has 1 aliphatic heterocycles. The van der Waals surface area contributed by atoms with Gasteiger partial charge in [0.25, 0.3) is 0 Å². The molecule has 1 atom stereocenters. The molecular formula is C13H16FN3. The van der Waals surface area contributed by atoms with E-state index in [1.807, 2.05) is 0 Å². The van der Waals surface area contributed by atoms with E-state index < -0.39 is 0 Å². The summed E-state index contributed by atoms with van der Waals surface area (Å²) < 4.78 is 13.2. The molecule has 0 aromatic heterocycles. The van der Waals surface area contributed by atoms with Crippen molar-refractivity contribution in [3.63, 3.8) is 0 Å². The van der Waals surface area contributed by atoms with E-state index in [2.05, 4.69) is 23.2 Å². The summed E-state index contributed by atoms with van der Waals surface area (Å²) in [5, 5.41) is 12.3. The van der Waals surface area contributed by atoms with Crippen LogP contribution in [0.4, 0.5) is 4.39 Å². The van der Waals surface area contributed by atoms with Crippen LogP contribution in [0.25, 0.3) is 0 Å². The molecule has 1 saturated heterocycles. The predicted octanol–water partition coefficient (Wildman–Crippen LogP) is 1.49. The van der Waals surface area contributed by atoms with Crippen molar-refractivity contribution in [1.82, 2.24) is 10.2 Å². The van der Waals surface area contributed by atoms with Crippen LogP contribution < -0.4 is 5.32 Å². The molecule has 1 heterocycles. The van der Waals surface area contributed by atoms with Crippen molar-refractivity contribution in [3.8, 4) is 6.07 Å². The first-order chi connectivity index (χ1) is 8.19. The Morgan fingerprint density at radius 3 is 3.12 bits per heavy atom. The van der Waals surface area contributed by atoms with E-state index in [1.165, 1.54) is 12.1 Å². The number of hydrogen-bond acceptors (Lipinski definition) is 3. The third-order valence-corrected chi connectivity index (χ3v) is 3.03. The molecule has 17 heavy (non-hydrogen) atoms. The second-order valence-corrected chi connectivity index (χ2v) is 4.50. The lowest BCUT2D eigenvalue weighted by molar-refractivity contribution is 0.199. The van der Waals surface area contributed by atoms with Crippen molar-refractivity contribution in [2.75, 3.05) is 19.6 Å². The zero-order valence-electron chi connectivity index (χ0n) is 9.91. The summed E-state index contributed by atoms with van der Waals surface area (Å²) in [5.74, 6) is -0.276. The Morgan fingerprint density at radius 2 is 2.41 bits per heavy atom. The van der Waals surface area contributed by atoms with Gasteiger partial charge in [0.15, 0.2) is 0 Å². The molecule has 0 unspecified atom stereocenters. The molecule has 3 nitrogen and oxygen atoms in total. The fourth-order valence-corrected chi connectivity index (χ4v) is 2.20. The third-order valence-electron chi connectivity index (χ3n) is 3.03. The van der Waals surface area contributed by atoms with Crippen LogP contribution in [0, 0.1) is 17.1 Å². The fourth-order valence-electron chi connectivity index (χ4n) is 2.20. The van der Waals surface area contributed by atoms with E-state index >= 15 is 0 Å². The van der Waals surface area contributed by atoms with Gasteiger partial charge in [-0.3, -0.25) is 4.90 Å². The zero-order chi connectivity index (χ0) is 12.3. The summed E-state index contributed by atoms with van der Waals surface area (Å²) in [6, 6.07) is 6.91. The average molecular weight is 233 g/mol. The average Bonchev–Trinajstić information content (AvgIpc) is 2.29. The van der Waals surface area contributed by atoms with Crippen LogP contribution in [0.5, 0.6) is 0 Å². The van der Waals surface area contributed by atoms with Gasteiger partial charge in [-0.25, -0.2) is 4.39 Å². The maximum atomic E-state index is 13.2. The van der Waals surface area contributed by atoms with Crippen LogP contribution in [-0.2, 0) is 6.54 Å². The minimum Gasteiger partial charge on any atom is -0.312 e. The highest BCUT2D eigenvalue weighted by Crippen LogP contribution is 2.14. The lowest BCUT2D eigenvalue weighted by atomic mass is 10.1. The van der Waals surface area contributed by atoms with Crippen LogP contribution in [0.3, 0.4) is 0 Å². The number of hydrogen-bond donors (Lipinski definition) is 1. The molecule has 90 valence electrons. The smallest absolute Gasteiger partial charge is 0.123 e. The van der Waals surface area contributed by atoms with Gasteiger partial charge in [-0.05, 0) is 30.7 Å². The van der Waals surface area contributed by atoms with Gasteiger partial charge in [0.05, 0.1) is 11.6 Å². The van der Waals surface area contributed by atoms with Gasteiger partial charge in [-0.2, -0.15) is 5.26 Å². The Hall–Kier alpha value is -1.44. The van der Waals surface area contributed by atoms with Gasteiger partial charge < -0.3 is 5.32 Å². The topological polar surface area (TPSA) is 39.1 Å². The SMILES string of the molecule is C[C@H]1CN(Cc2cc(F)ccc2C#N)CCN1. The summed E-state index contributed by atoms with van der Waals surface area (Å²) in [6.45, 7) is 5.58. The Morgan fingerprint density at radius 1 is 1.59 bits per heavy atom. The van der Waals surface area contributed by atoms with Crippen molar-refractivity contribution in [2.45, 2.75) is 19.5 Å². The van der Waals surface area contributed by atoms with Crippen LogP contribution in [0.1, 0.15) is 18.1 Å². The minimum absolute atomic E-state index is 0.276. The quantitative estimate of drug-likeness (QED) is 0.841. The molecule has 1 aromatic rings. The normalized spacial score (nSPS) is 21.1. The monoisotopic (exact) mass is 233 g/mol. The first-order valence-electron chi connectivity index (χ1n) is 5.83. The van der Waals surface area contributed by atoms with E-state index in [1.54, 1.807) is 6.07 Å². The molecule has 4 heteroatoms. The Kier molecular flexibility index (Phi) is 3.72. The number of piperazine rings is 1. The zero-order valence-corrected chi connectivity index (χ0v) is 9.91. The summed E-state index contributed by atoms with van der Waals surface area (Å²) in [5.41, 5.74) is 1.35. The van der Waals surface area contributed by atoms with Gasteiger partial charge in [0, 0.05) is 32.2 Å². The van der Waals surface area contributed by atoms with Crippen LogP contribution in [-0.4, -0.2) is 30.6 Å². The van der Waals surface area contributed by atoms with Crippen LogP contribution >= 0.6 is 0 Å². The molecule has 0 bridgehead atoms. The van der Waals surface area contributed by atoms with Crippen molar-refractivity contribution in [2.24, 2.45) is 0 Å². The van der Waals surface area contributed by atoms with Crippen LogP contribution in [0.15, 0.2) is 18.2 Å². The number of nitriles is 1. The Labute approximate surface area is 101 Å². The third kappa shape index (κ3) is 3.02. The molecule has 0 amide bonds. The van der Waals surface area contributed by atoms with Crippen molar-refractivity contribution in [1.29, 1.82) is 5.26 Å². The molecule has 2 rings (SSSR count). The lowest BCUT2D eigenvalue weighted by Gasteiger charge is -2.32. The van der Waals surface area contributed by atoms with E-state index in [4.69, 9.17) is 5.26 Å². The number of nitrogens with one attached hydrogen (secondary N) is 1. The van der Waals surface area contributed by atoms with Gasteiger partial charge >= 0.3 is 0 Å². The largest absolute Gasteiger partial charge is 0.312 e. The van der Waals surface area contributed by atoms with Gasteiger partial charge in [0.2, 0.25) is 0 Å². The lowest BCUT2D eigenvalue weighted by Crippen LogP contribution is -2.48. The molecule has 1 aromatic carbocycles. The molecular weight excluding hydrogens is 217 g/mol. The van der Waals surface area contributed by atoms with E-state index in [-0.39, 0.29) is 5.82 Å². The van der Waals surface area contributed by atoms with Crippen molar-refractivity contribution >= 4 is 0 Å². The minimum atomic E-state index is -0.276.